The minimum atomic E-state index is -3.58. The van der Waals surface area contributed by atoms with E-state index in [1.165, 1.54) is 6.42 Å². The maximum Gasteiger partial charge on any atom is 0.218 e. The van der Waals surface area contributed by atoms with Crippen LogP contribution in [0.1, 0.15) is 43.6 Å². The zero-order chi connectivity index (χ0) is 14.6. The quantitative estimate of drug-likeness (QED) is 0.895. The van der Waals surface area contributed by atoms with Crippen molar-refractivity contribution in [1.82, 2.24) is 9.88 Å². The van der Waals surface area contributed by atoms with Crippen molar-refractivity contribution < 1.29 is 12.9 Å². The van der Waals surface area contributed by atoms with Crippen LogP contribution in [0, 0.1) is 24.2 Å². The topological polar surface area (TPSA) is 96.0 Å². The lowest BCUT2D eigenvalue weighted by Gasteiger charge is -2.26. The van der Waals surface area contributed by atoms with Crippen LogP contribution in [-0.4, -0.2) is 19.6 Å². The van der Waals surface area contributed by atoms with Crippen molar-refractivity contribution in [3.8, 4) is 6.07 Å². The molecule has 1 aliphatic rings. The standard InChI is InChI=1S/C13H19N3O3S/c1-10-7-12(15-19-10)9-20(17,18)16-13(8-14)11-5-3-2-4-6-11/h7,11,13,16H,2-6,9H2,1H3. The maximum atomic E-state index is 12.1. The summed E-state index contributed by atoms with van der Waals surface area (Å²) in [6.07, 6.45) is 5.10. The van der Waals surface area contributed by atoms with Gasteiger partial charge in [0.05, 0.1) is 6.07 Å². The van der Waals surface area contributed by atoms with Gasteiger partial charge in [-0.25, -0.2) is 8.42 Å². The molecule has 1 unspecified atom stereocenters. The second kappa shape index (κ2) is 6.37. The molecule has 110 valence electrons. The summed E-state index contributed by atoms with van der Waals surface area (Å²) in [5.74, 6) is 0.428. The summed E-state index contributed by atoms with van der Waals surface area (Å²) in [5.41, 5.74) is 0.357. The summed E-state index contributed by atoms with van der Waals surface area (Å²) >= 11 is 0. The van der Waals surface area contributed by atoms with Gasteiger partial charge in [-0.3, -0.25) is 0 Å². The zero-order valence-electron chi connectivity index (χ0n) is 11.5. The Morgan fingerprint density at radius 3 is 2.75 bits per heavy atom. The Morgan fingerprint density at radius 2 is 2.20 bits per heavy atom. The van der Waals surface area contributed by atoms with Crippen molar-refractivity contribution in [3.63, 3.8) is 0 Å². The molecule has 1 atom stereocenters. The van der Waals surface area contributed by atoms with Crippen LogP contribution in [0.5, 0.6) is 0 Å². The van der Waals surface area contributed by atoms with E-state index in [4.69, 9.17) is 4.52 Å². The fourth-order valence-electron chi connectivity index (χ4n) is 2.61. The van der Waals surface area contributed by atoms with E-state index in [0.717, 1.165) is 25.7 Å². The van der Waals surface area contributed by atoms with Crippen LogP contribution in [0.3, 0.4) is 0 Å². The molecule has 1 aromatic rings. The predicted octanol–water partition coefficient (Wildman–Crippen LogP) is 1.87. The number of sulfonamides is 1. The molecule has 0 radical (unpaired) electrons. The van der Waals surface area contributed by atoms with E-state index < -0.39 is 16.1 Å². The zero-order valence-corrected chi connectivity index (χ0v) is 12.3. The number of nitrogens with one attached hydrogen (secondary N) is 1. The Kier molecular flexibility index (Phi) is 4.78. The first-order valence-electron chi connectivity index (χ1n) is 6.82. The number of rotatable bonds is 5. The first kappa shape index (κ1) is 15.0. The van der Waals surface area contributed by atoms with Gasteiger partial charge in [0.1, 0.15) is 23.2 Å². The van der Waals surface area contributed by atoms with E-state index in [1.807, 2.05) is 0 Å². The molecule has 1 saturated carbocycles. The molecule has 1 aliphatic carbocycles. The first-order chi connectivity index (χ1) is 9.50. The average molecular weight is 297 g/mol. The molecule has 7 heteroatoms. The lowest BCUT2D eigenvalue weighted by molar-refractivity contribution is 0.323. The van der Waals surface area contributed by atoms with Gasteiger partial charge in [-0.2, -0.15) is 9.98 Å². The SMILES string of the molecule is Cc1cc(CS(=O)(=O)NC(C#N)C2CCCCC2)no1. The molecule has 0 bridgehead atoms. The Balaban J connectivity index is 2.00. The number of aromatic nitrogens is 1. The highest BCUT2D eigenvalue weighted by atomic mass is 32.2. The van der Waals surface area contributed by atoms with Gasteiger partial charge >= 0.3 is 0 Å². The summed E-state index contributed by atoms with van der Waals surface area (Å²) in [6.45, 7) is 1.71. The van der Waals surface area contributed by atoms with E-state index in [2.05, 4.69) is 15.9 Å². The molecule has 1 N–H and O–H groups in total. The highest BCUT2D eigenvalue weighted by Gasteiger charge is 2.28. The number of nitrogens with zero attached hydrogens (tertiary/aromatic N) is 2. The van der Waals surface area contributed by atoms with Crippen molar-refractivity contribution in [3.05, 3.63) is 17.5 Å². The van der Waals surface area contributed by atoms with Crippen molar-refractivity contribution in [2.45, 2.75) is 50.8 Å². The van der Waals surface area contributed by atoms with Crippen LogP contribution in [-0.2, 0) is 15.8 Å². The highest BCUT2D eigenvalue weighted by molar-refractivity contribution is 7.88. The maximum absolute atomic E-state index is 12.1. The second-order valence-electron chi connectivity index (χ2n) is 5.31. The minimum Gasteiger partial charge on any atom is -0.361 e. The molecular weight excluding hydrogens is 278 g/mol. The molecule has 1 aromatic heterocycles. The van der Waals surface area contributed by atoms with Gasteiger partial charge in [-0.1, -0.05) is 24.4 Å². The molecule has 2 rings (SSSR count). The largest absolute Gasteiger partial charge is 0.361 e. The van der Waals surface area contributed by atoms with Crippen LogP contribution in [0.15, 0.2) is 10.6 Å². The van der Waals surface area contributed by atoms with E-state index in [-0.39, 0.29) is 11.7 Å². The van der Waals surface area contributed by atoms with Crippen molar-refractivity contribution in [2.75, 3.05) is 0 Å². The first-order valence-corrected chi connectivity index (χ1v) is 8.47. The van der Waals surface area contributed by atoms with Crippen molar-refractivity contribution >= 4 is 10.0 Å². The van der Waals surface area contributed by atoms with Crippen LogP contribution < -0.4 is 4.72 Å². The molecule has 20 heavy (non-hydrogen) atoms. The van der Waals surface area contributed by atoms with Crippen LogP contribution in [0.25, 0.3) is 0 Å². The Bertz CT molecular complexity index is 582. The highest BCUT2D eigenvalue weighted by Crippen LogP contribution is 2.26. The summed E-state index contributed by atoms with van der Waals surface area (Å²) in [5, 5.41) is 12.9. The number of hydrogen-bond donors (Lipinski definition) is 1. The summed E-state index contributed by atoms with van der Waals surface area (Å²) < 4.78 is 31.5. The normalized spacial score (nSPS) is 18.6. The monoisotopic (exact) mass is 297 g/mol. The fraction of sp³-hybridized carbons (Fsp3) is 0.692. The van der Waals surface area contributed by atoms with Crippen molar-refractivity contribution in [1.29, 1.82) is 5.26 Å². The lowest BCUT2D eigenvalue weighted by atomic mass is 9.85. The molecule has 0 aliphatic heterocycles. The van der Waals surface area contributed by atoms with E-state index in [9.17, 15) is 13.7 Å². The Hall–Kier alpha value is -1.39. The number of aryl methyl sites for hydroxylation is 1. The van der Waals surface area contributed by atoms with Crippen molar-refractivity contribution in [2.24, 2.45) is 5.92 Å². The molecular formula is C13H19N3O3S. The number of hydrogen-bond acceptors (Lipinski definition) is 5. The molecule has 1 fully saturated rings. The third-order valence-corrected chi connectivity index (χ3v) is 4.87. The van der Waals surface area contributed by atoms with Gasteiger partial charge in [0.15, 0.2) is 0 Å². The fourth-order valence-corrected chi connectivity index (χ4v) is 3.85. The van der Waals surface area contributed by atoms with Gasteiger partial charge in [0.2, 0.25) is 10.0 Å². The van der Waals surface area contributed by atoms with Crippen LogP contribution in [0.2, 0.25) is 0 Å². The average Bonchev–Trinajstić information content (AvgIpc) is 2.81. The van der Waals surface area contributed by atoms with E-state index in [0.29, 0.717) is 11.5 Å². The van der Waals surface area contributed by atoms with Gasteiger partial charge in [0, 0.05) is 6.07 Å². The predicted molar refractivity (Wildman–Crippen MR) is 73.0 cm³/mol. The van der Waals surface area contributed by atoms with Gasteiger partial charge in [-0.05, 0) is 25.7 Å². The van der Waals surface area contributed by atoms with E-state index in [1.54, 1.807) is 13.0 Å². The van der Waals surface area contributed by atoms with Gasteiger partial charge in [0.25, 0.3) is 0 Å². The van der Waals surface area contributed by atoms with E-state index >= 15 is 0 Å². The Labute approximate surface area is 119 Å². The summed E-state index contributed by atoms with van der Waals surface area (Å²) in [7, 11) is -3.58. The molecule has 0 aromatic carbocycles. The Morgan fingerprint density at radius 1 is 1.50 bits per heavy atom. The summed E-state index contributed by atoms with van der Waals surface area (Å²) in [6, 6.07) is 3.02. The second-order valence-corrected chi connectivity index (χ2v) is 7.06. The smallest absolute Gasteiger partial charge is 0.218 e. The van der Waals surface area contributed by atoms with Gasteiger partial charge in [-0.15, -0.1) is 0 Å². The molecule has 1 heterocycles. The van der Waals surface area contributed by atoms with Crippen LogP contribution >= 0.6 is 0 Å². The molecule has 0 saturated heterocycles. The lowest BCUT2D eigenvalue weighted by Crippen LogP contribution is -2.40. The third-order valence-electron chi connectivity index (χ3n) is 3.58. The number of nitriles is 1. The molecule has 0 spiro atoms. The third kappa shape index (κ3) is 4.05. The minimum absolute atomic E-state index is 0.113. The van der Waals surface area contributed by atoms with Gasteiger partial charge < -0.3 is 4.52 Å². The summed E-state index contributed by atoms with van der Waals surface area (Å²) in [4.78, 5) is 0. The molecule has 0 amide bonds. The molecule has 6 nitrogen and oxygen atoms in total. The van der Waals surface area contributed by atoms with Crippen LogP contribution in [0.4, 0.5) is 0 Å².